The van der Waals surface area contributed by atoms with E-state index in [9.17, 15) is 26.4 Å². The zero-order valence-corrected chi connectivity index (χ0v) is 17.1. The van der Waals surface area contributed by atoms with Gasteiger partial charge in [0.2, 0.25) is 0 Å². The topological polar surface area (TPSA) is 66.5 Å². The van der Waals surface area contributed by atoms with E-state index >= 15 is 0 Å². The molecule has 5 nitrogen and oxygen atoms in total. The molecule has 0 atom stereocenters. The highest BCUT2D eigenvalue weighted by Crippen LogP contribution is 2.32. The van der Waals surface area contributed by atoms with Gasteiger partial charge >= 0.3 is 6.18 Å². The van der Waals surface area contributed by atoms with E-state index in [0.29, 0.717) is 18.0 Å². The first-order valence-corrected chi connectivity index (χ1v) is 11.5. The summed E-state index contributed by atoms with van der Waals surface area (Å²) in [6, 6.07) is 8.10. The van der Waals surface area contributed by atoms with Crippen molar-refractivity contribution in [1.29, 1.82) is 0 Å². The van der Waals surface area contributed by atoms with Gasteiger partial charge in [-0.1, -0.05) is 6.07 Å². The Kier molecular flexibility index (Phi) is 6.13. The average Bonchev–Trinajstić information content (AvgIpc) is 3.21. The fourth-order valence-corrected chi connectivity index (χ4v) is 4.73. The van der Waals surface area contributed by atoms with Gasteiger partial charge in [0.25, 0.3) is 15.9 Å². The van der Waals surface area contributed by atoms with Crippen molar-refractivity contribution in [3.05, 3.63) is 53.6 Å². The van der Waals surface area contributed by atoms with E-state index in [0.717, 1.165) is 31.0 Å². The first-order chi connectivity index (χ1) is 13.6. The highest BCUT2D eigenvalue weighted by Gasteiger charge is 2.31. The molecule has 1 N–H and O–H groups in total. The smallest absolute Gasteiger partial charge is 0.339 e. The number of alkyl halides is 3. The van der Waals surface area contributed by atoms with Crippen LogP contribution in [0.1, 0.15) is 28.8 Å². The molecule has 1 fully saturated rings. The summed E-state index contributed by atoms with van der Waals surface area (Å²) >= 11 is 1.32. The van der Waals surface area contributed by atoms with Crippen LogP contribution in [0.4, 0.5) is 18.9 Å². The number of thioether (sulfide) groups is 1. The summed E-state index contributed by atoms with van der Waals surface area (Å²) < 4.78 is 66.3. The number of nitrogens with one attached hydrogen (secondary N) is 1. The molecule has 156 valence electrons. The largest absolute Gasteiger partial charge is 0.416 e. The van der Waals surface area contributed by atoms with Crippen LogP contribution in [0, 0.1) is 0 Å². The van der Waals surface area contributed by atoms with Crippen LogP contribution in [0.15, 0.2) is 52.3 Å². The number of carbonyl (C=O) groups excluding carboxylic acids is 1. The maximum atomic E-state index is 12.9. The third-order valence-corrected chi connectivity index (χ3v) is 6.72. The van der Waals surface area contributed by atoms with E-state index in [2.05, 4.69) is 4.72 Å². The molecule has 1 aliphatic heterocycles. The first-order valence-electron chi connectivity index (χ1n) is 8.79. The lowest BCUT2D eigenvalue weighted by molar-refractivity contribution is -0.137. The van der Waals surface area contributed by atoms with Crippen LogP contribution in [0.5, 0.6) is 0 Å². The van der Waals surface area contributed by atoms with Gasteiger partial charge in [-0.15, -0.1) is 11.8 Å². The fraction of sp³-hybridized carbons (Fsp3) is 0.316. The molecule has 0 aromatic heterocycles. The third kappa shape index (κ3) is 4.87. The van der Waals surface area contributed by atoms with E-state index in [4.69, 9.17) is 0 Å². The molecular formula is C19H19F3N2O3S2. The van der Waals surface area contributed by atoms with Gasteiger partial charge < -0.3 is 4.90 Å². The molecule has 10 heteroatoms. The van der Waals surface area contributed by atoms with Gasteiger partial charge in [0.15, 0.2) is 0 Å². The minimum absolute atomic E-state index is 0.185. The molecule has 2 aromatic rings. The molecule has 0 unspecified atom stereocenters. The number of nitrogens with zero attached hydrogens (tertiary/aromatic N) is 1. The number of benzene rings is 2. The summed E-state index contributed by atoms with van der Waals surface area (Å²) in [5.41, 5.74) is -0.896. The van der Waals surface area contributed by atoms with Gasteiger partial charge in [0.05, 0.1) is 16.0 Å². The van der Waals surface area contributed by atoms with Crippen LogP contribution in [0.25, 0.3) is 0 Å². The van der Waals surface area contributed by atoms with Crippen LogP contribution >= 0.6 is 11.8 Å². The number of hydrogen-bond acceptors (Lipinski definition) is 4. The van der Waals surface area contributed by atoms with E-state index in [1.54, 1.807) is 11.2 Å². The quantitative estimate of drug-likeness (QED) is 0.692. The van der Waals surface area contributed by atoms with Crippen molar-refractivity contribution in [2.75, 3.05) is 24.1 Å². The van der Waals surface area contributed by atoms with E-state index in [1.807, 2.05) is 0 Å². The fourth-order valence-electron chi connectivity index (χ4n) is 3.09. The van der Waals surface area contributed by atoms with Gasteiger partial charge in [0.1, 0.15) is 0 Å². The van der Waals surface area contributed by atoms with Gasteiger partial charge in [-0.25, -0.2) is 8.42 Å². The van der Waals surface area contributed by atoms with Crippen molar-refractivity contribution in [2.24, 2.45) is 0 Å². The molecule has 0 saturated carbocycles. The monoisotopic (exact) mass is 444 g/mol. The average molecular weight is 445 g/mol. The SMILES string of the molecule is CSc1ccc(S(=O)(=O)Nc2cccc(C(F)(F)F)c2)cc1C(=O)N1CCCC1. The highest BCUT2D eigenvalue weighted by molar-refractivity contribution is 7.98. The van der Waals surface area contributed by atoms with E-state index in [-0.39, 0.29) is 22.1 Å². The lowest BCUT2D eigenvalue weighted by Gasteiger charge is -2.18. The molecule has 0 aliphatic carbocycles. The summed E-state index contributed by atoms with van der Waals surface area (Å²) in [7, 11) is -4.18. The molecule has 0 spiro atoms. The van der Waals surface area contributed by atoms with Gasteiger partial charge in [0, 0.05) is 23.7 Å². The van der Waals surface area contributed by atoms with Gasteiger partial charge in [-0.2, -0.15) is 13.2 Å². The summed E-state index contributed by atoms with van der Waals surface area (Å²) in [6.45, 7) is 1.23. The Bertz CT molecular complexity index is 1020. The Morgan fingerprint density at radius 2 is 1.79 bits per heavy atom. The number of anilines is 1. The van der Waals surface area contributed by atoms with Crippen molar-refractivity contribution >= 4 is 33.4 Å². The van der Waals surface area contributed by atoms with Crippen LogP contribution in [0.2, 0.25) is 0 Å². The molecule has 1 saturated heterocycles. The third-order valence-electron chi connectivity index (χ3n) is 4.55. The number of carbonyl (C=O) groups is 1. The Hall–Kier alpha value is -2.20. The Morgan fingerprint density at radius 3 is 2.41 bits per heavy atom. The minimum Gasteiger partial charge on any atom is -0.339 e. The van der Waals surface area contributed by atoms with E-state index < -0.39 is 21.8 Å². The second-order valence-electron chi connectivity index (χ2n) is 6.55. The first kappa shape index (κ1) is 21.5. The van der Waals surface area contributed by atoms with E-state index in [1.165, 1.54) is 36.0 Å². The summed E-state index contributed by atoms with van der Waals surface area (Å²) in [5.74, 6) is -0.247. The normalized spacial score (nSPS) is 14.8. The molecule has 29 heavy (non-hydrogen) atoms. The molecule has 1 aliphatic rings. The number of halogens is 3. The number of hydrogen-bond donors (Lipinski definition) is 1. The van der Waals surface area contributed by atoms with Gasteiger partial charge in [-0.3, -0.25) is 9.52 Å². The minimum atomic E-state index is -4.59. The Labute approximate surface area is 171 Å². The van der Waals surface area contributed by atoms with Crippen LogP contribution in [-0.2, 0) is 16.2 Å². The van der Waals surface area contributed by atoms with Crippen LogP contribution < -0.4 is 4.72 Å². The zero-order chi connectivity index (χ0) is 21.2. The standard InChI is InChI=1S/C19H19F3N2O3S2/c1-28-17-8-7-15(12-16(17)18(25)24-9-2-3-10-24)29(26,27)23-14-6-4-5-13(11-14)19(20,21)22/h4-8,11-12,23H,2-3,9-10H2,1H3. The second-order valence-corrected chi connectivity index (χ2v) is 9.08. The molecule has 0 radical (unpaired) electrons. The van der Waals surface area contributed by atoms with Crippen molar-refractivity contribution in [1.82, 2.24) is 4.90 Å². The summed E-state index contributed by atoms with van der Waals surface area (Å²) in [5, 5.41) is 0. The molecular weight excluding hydrogens is 425 g/mol. The number of rotatable bonds is 5. The van der Waals surface area contributed by atoms with Crippen molar-refractivity contribution in [3.63, 3.8) is 0 Å². The highest BCUT2D eigenvalue weighted by atomic mass is 32.2. The molecule has 1 amide bonds. The predicted molar refractivity (Wildman–Crippen MR) is 106 cm³/mol. The van der Waals surface area contributed by atoms with Crippen molar-refractivity contribution in [3.8, 4) is 0 Å². The number of sulfonamides is 1. The zero-order valence-electron chi connectivity index (χ0n) is 15.5. The maximum absolute atomic E-state index is 12.9. The lowest BCUT2D eigenvalue weighted by Crippen LogP contribution is -2.28. The van der Waals surface area contributed by atoms with Crippen molar-refractivity contribution in [2.45, 2.75) is 28.8 Å². The molecule has 3 rings (SSSR count). The summed E-state index contributed by atoms with van der Waals surface area (Å²) in [6.07, 6.45) is -1.01. The number of amides is 1. The lowest BCUT2D eigenvalue weighted by atomic mass is 10.2. The predicted octanol–water partition coefficient (Wildman–Crippen LogP) is 4.46. The van der Waals surface area contributed by atoms with Crippen molar-refractivity contribution < 1.29 is 26.4 Å². The molecule has 2 aromatic carbocycles. The molecule has 1 heterocycles. The molecule has 0 bridgehead atoms. The number of likely N-dealkylation sites (tertiary alicyclic amines) is 1. The Morgan fingerprint density at radius 1 is 1.10 bits per heavy atom. The van der Waals surface area contributed by atoms with Crippen LogP contribution in [-0.4, -0.2) is 38.6 Å². The summed E-state index contributed by atoms with van der Waals surface area (Å²) in [4.78, 5) is 14.9. The Balaban J connectivity index is 1.93. The van der Waals surface area contributed by atoms with Gasteiger partial charge in [-0.05, 0) is 55.5 Å². The second kappa shape index (κ2) is 8.27. The maximum Gasteiger partial charge on any atom is 0.416 e. The van der Waals surface area contributed by atoms with Crippen LogP contribution in [0.3, 0.4) is 0 Å².